The Labute approximate surface area is 144 Å². The predicted molar refractivity (Wildman–Crippen MR) is 89.8 cm³/mol. The third kappa shape index (κ3) is 3.09. The van der Waals surface area contributed by atoms with E-state index in [1.807, 2.05) is 0 Å². The maximum absolute atomic E-state index is 12.6. The molecule has 2 aromatic rings. The van der Waals surface area contributed by atoms with Crippen LogP contribution in [0.15, 0.2) is 36.7 Å². The van der Waals surface area contributed by atoms with Crippen molar-refractivity contribution in [3.63, 3.8) is 0 Å². The van der Waals surface area contributed by atoms with Crippen LogP contribution in [0.25, 0.3) is 11.1 Å². The number of hydrogen-bond donors (Lipinski definition) is 0. The molecule has 0 radical (unpaired) electrons. The van der Waals surface area contributed by atoms with E-state index in [-0.39, 0.29) is 11.7 Å². The average molecular weight is 349 g/mol. The third-order valence-electron chi connectivity index (χ3n) is 4.01. The summed E-state index contributed by atoms with van der Waals surface area (Å²) < 4.78 is 0. The van der Waals surface area contributed by atoms with Crippen molar-refractivity contribution in [1.82, 2.24) is 9.88 Å². The number of amides is 1. The summed E-state index contributed by atoms with van der Waals surface area (Å²) in [7, 11) is 1.71. The number of pyridine rings is 1. The highest BCUT2D eigenvalue weighted by molar-refractivity contribution is 6.36. The molecule has 3 rings (SSSR count). The summed E-state index contributed by atoms with van der Waals surface area (Å²) in [6.07, 6.45) is 3.66. The first-order valence-electron chi connectivity index (χ1n) is 7.17. The van der Waals surface area contributed by atoms with Crippen LogP contribution in [0.1, 0.15) is 16.8 Å². The fourth-order valence-electron chi connectivity index (χ4n) is 2.71. The predicted octanol–water partition coefficient (Wildman–Crippen LogP) is 3.72. The standard InChI is InChI=1S/C17H14Cl2N2O2/c1-21-5-4-14(17(21)23)16(22)11-6-10(8-20-9-11)13-3-2-12(18)7-15(13)19/h2-3,6-9,14H,4-5H2,1H3. The average Bonchev–Trinajstić information content (AvgIpc) is 2.86. The molecule has 1 unspecified atom stereocenters. The minimum Gasteiger partial charge on any atom is -0.345 e. The molecule has 0 N–H and O–H groups in total. The Morgan fingerprint density at radius 3 is 2.70 bits per heavy atom. The van der Waals surface area contributed by atoms with Gasteiger partial charge in [-0.15, -0.1) is 0 Å². The van der Waals surface area contributed by atoms with Gasteiger partial charge in [-0.3, -0.25) is 14.6 Å². The molecule has 1 atom stereocenters. The highest BCUT2D eigenvalue weighted by Crippen LogP contribution is 2.31. The van der Waals surface area contributed by atoms with Crippen LogP contribution in [0.3, 0.4) is 0 Å². The van der Waals surface area contributed by atoms with E-state index < -0.39 is 5.92 Å². The zero-order valence-electron chi connectivity index (χ0n) is 12.4. The molecule has 0 aliphatic carbocycles. The molecular weight excluding hydrogens is 335 g/mol. The lowest BCUT2D eigenvalue weighted by molar-refractivity contribution is -0.128. The van der Waals surface area contributed by atoms with E-state index in [1.165, 1.54) is 6.20 Å². The highest BCUT2D eigenvalue weighted by Gasteiger charge is 2.35. The van der Waals surface area contributed by atoms with Crippen LogP contribution < -0.4 is 0 Å². The third-order valence-corrected chi connectivity index (χ3v) is 4.56. The van der Waals surface area contributed by atoms with Crippen LogP contribution in [-0.4, -0.2) is 35.2 Å². The van der Waals surface area contributed by atoms with Crippen LogP contribution in [0, 0.1) is 5.92 Å². The Morgan fingerprint density at radius 1 is 1.26 bits per heavy atom. The van der Waals surface area contributed by atoms with Gasteiger partial charge in [0.25, 0.3) is 0 Å². The lowest BCUT2D eigenvalue weighted by atomic mass is 9.95. The van der Waals surface area contributed by atoms with E-state index in [2.05, 4.69) is 4.98 Å². The molecule has 6 heteroatoms. The summed E-state index contributed by atoms with van der Waals surface area (Å²) in [6, 6.07) is 6.87. The SMILES string of the molecule is CN1CCC(C(=O)c2cncc(-c3ccc(Cl)cc3Cl)c2)C1=O. The summed E-state index contributed by atoms with van der Waals surface area (Å²) in [5.41, 5.74) is 1.88. The van der Waals surface area contributed by atoms with Gasteiger partial charge in [0.1, 0.15) is 5.92 Å². The summed E-state index contributed by atoms with van der Waals surface area (Å²) in [5, 5.41) is 1.03. The van der Waals surface area contributed by atoms with Crippen molar-refractivity contribution in [3.05, 3.63) is 52.3 Å². The highest BCUT2D eigenvalue weighted by atomic mass is 35.5. The maximum Gasteiger partial charge on any atom is 0.233 e. The first-order valence-corrected chi connectivity index (χ1v) is 7.92. The molecule has 0 bridgehead atoms. The van der Waals surface area contributed by atoms with Crippen LogP contribution in [0.5, 0.6) is 0 Å². The molecule has 1 aliphatic rings. The van der Waals surface area contributed by atoms with Crippen LogP contribution in [-0.2, 0) is 4.79 Å². The number of Topliss-reactive ketones (excluding diaryl/α,β-unsaturated/α-hetero) is 1. The Hall–Kier alpha value is -1.91. The van der Waals surface area contributed by atoms with Gasteiger partial charge in [-0.25, -0.2) is 0 Å². The number of benzene rings is 1. The number of carbonyl (C=O) groups is 2. The summed E-state index contributed by atoms with van der Waals surface area (Å²) >= 11 is 12.1. The molecule has 1 aromatic carbocycles. The van der Waals surface area contributed by atoms with Gasteiger partial charge >= 0.3 is 0 Å². The van der Waals surface area contributed by atoms with Crippen LogP contribution >= 0.6 is 23.2 Å². The number of nitrogens with zero attached hydrogens (tertiary/aromatic N) is 2. The van der Waals surface area contributed by atoms with Gasteiger partial charge in [0.2, 0.25) is 5.91 Å². The van der Waals surface area contributed by atoms with E-state index in [0.29, 0.717) is 28.6 Å². The van der Waals surface area contributed by atoms with Gasteiger partial charge in [0.05, 0.1) is 0 Å². The molecule has 1 saturated heterocycles. The zero-order chi connectivity index (χ0) is 16.6. The second kappa shape index (κ2) is 6.30. The number of halogens is 2. The number of carbonyl (C=O) groups excluding carboxylic acids is 2. The molecule has 1 fully saturated rings. The molecule has 23 heavy (non-hydrogen) atoms. The zero-order valence-corrected chi connectivity index (χ0v) is 13.9. The topological polar surface area (TPSA) is 50.3 Å². The van der Waals surface area contributed by atoms with Crippen LogP contribution in [0.4, 0.5) is 0 Å². The molecule has 1 aliphatic heterocycles. The van der Waals surface area contributed by atoms with E-state index in [0.717, 1.165) is 11.1 Å². The van der Waals surface area contributed by atoms with Crippen molar-refractivity contribution in [3.8, 4) is 11.1 Å². The van der Waals surface area contributed by atoms with Crippen molar-refractivity contribution >= 4 is 34.9 Å². The largest absolute Gasteiger partial charge is 0.345 e. The Balaban J connectivity index is 1.94. The number of ketones is 1. The number of likely N-dealkylation sites (tertiary alicyclic amines) is 1. The number of hydrogen-bond acceptors (Lipinski definition) is 3. The van der Waals surface area contributed by atoms with Gasteiger partial charge < -0.3 is 4.90 Å². The monoisotopic (exact) mass is 348 g/mol. The molecule has 1 amide bonds. The molecule has 0 spiro atoms. The molecular formula is C17H14Cl2N2O2. The first kappa shape index (κ1) is 16.0. The smallest absolute Gasteiger partial charge is 0.233 e. The fraction of sp³-hybridized carbons (Fsp3) is 0.235. The maximum atomic E-state index is 12.6. The molecule has 1 aromatic heterocycles. The van der Waals surface area contributed by atoms with Crippen LogP contribution in [0.2, 0.25) is 10.0 Å². The van der Waals surface area contributed by atoms with Crippen molar-refractivity contribution < 1.29 is 9.59 Å². The second-order valence-electron chi connectivity index (χ2n) is 5.55. The number of rotatable bonds is 3. The van der Waals surface area contributed by atoms with Gasteiger partial charge in [0.15, 0.2) is 5.78 Å². The molecule has 2 heterocycles. The molecule has 4 nitrogen and oxygen atoms in total. The second-order valence-corrected chi connectivity index (χ2v) is 6.40. The quantitative estimate of drug-likeness (QED) is 0.627. The Kier molecular flexibility index (Phi) is 4.37. The summed E-state index contributed by atoms with van der Waals surface area (Å²) in [5.74, 6) is -0.943. The Bertz CT molecular complexity index is 792. The van der Waals surface area contributed by atoms with E-state index in [4.69, 9.17) is 23.2 Å². The number of aromatic nitrogens is 1. The lowest BCUT2D eigenvalue weighted by Crippen LogP contribution is -2.27. The van der Waals surface area contributed by atoms with Crippen molar-refractivity contribution in [2.45, 2.75) is 6.42 Å². The van der Waals surface area contributed by atoms with Crippen molar-refractivity contribution in [2.75, 3.05) is 13.6 Å². The molecule has 118 valence electrons. The molecule has 0 saturated carbocycles. The van der Waals surface area contributed by atoms with Crippen molar-refractivity contribution in [1.29, 1.82) is 0 Å². The fourth-order valence-corrected chi connectivity index (χ4v) is 3.23. The van der Waals surface area contributed by atoms with Crippen molar-refractivity contribution in [2.24, 2.45) is 5.92 Å². The first-order chi connectivity index (χ1) is 11.0. The van der Waals surface area contributed by atoms with Gasteiger partial charge in [0, 0.05) is 52.7 Å². The van der Waals surface area contributed by atoms with Gasteiger partial charge in [-0.1, -0.05) is 29.3 Å². The van der Waals surface area contributed by atoms with E-state index >= 15 is 0 Å². The minimum atomic E-state index is -0.613. The lowest BCUT2D eigenvalue weighted by Gasteiger charge is -2.10. The van der Waals surface area contributed by atoms with E-state index in [9.17, 15) is 9.59 Å². The summed E-state index contributed by atoms with van der Waals surface area (Å²) in [4.78, 5) is 30.3. The Morgan fingerprint density at radius 2 is 2.04 bits per heavy atom. The van der Waals surface area contributed by atoms with Gasteiger partial charge in [-0.2, -0.15) is 0 Å². The minimum absolute atomic E-state index is 0.134. The van der Waals surface area contributed by atoms with E-state index in [1.54, 1.807) is 42.4 Å². The van der Waals surface area contributed by atoms with Gasteiger partial charge in [-0.05, 0) is 24.6 Å². The normalized spacial score (nSPS) is 17.6. The summed E-state index contributed by atoms with van der Waals surface area (Å²) in [6.45, 7) is 0.603.